The number of nitrogens with zero attached hydrogens (tertiary/aromatic N) is 1. The van der Waals surface area contributed by atoms with Crippen molar-refractivity contribution in [3.63, 3.8) is 0 Å². The van der Waals surface area contributed by atoms with E-state index in [0.29, 0.717) is 6.42 Å². The van der Waals surface area contributed by atoms with Crippen LogP contribution in [0, 0.1) is 0 Å². The van der Waals surface area contributed by atoms with Crippen LogP contribution in [0.3, 0.4) is 0 Å². The van der Waals surface area contributed by atoms with Gasteiger partial charge < -0.3 is 10.2 Å². The van der Waals surface area contributed by atoms with Crippen molar-refractivity contribution in [2.75, 3.05) is 4.90 Å². The molecule has 5 aromatic rings. The van der Waals surface area contributed by atoms with Gasteiger partial charge in [-0.05, 0) is 168 Å². The number of hydrogen-bond donors (Lipinski definition) is 1. The molecule has 1 N–H and O–H groups in total. The fraction of sp³-hybridized carbons (Fsp3) is 0.108. The number of hydrogen-bond acceptors (Lipinski definition) is 2. The lowest BCUT2D eigenvalue weighted by Gasteiger charge is -2.28. The van der Waals surface area contributed by atoms with E-state index in [-0.39, 0.29) is 0 Å². The Morgan fingerprint density at radius 1 is 0.687 bits per heavy atom. The van der Waals surface area contributed by atoms with Crippen LogP contribution in [0.25, 0.3) is 44.7 Å². The van der Waals surface area contributed by atoms with Crippen molar-refractivity contribution in [2.45, 2.75) is 47.0 Å². The van der Waals surface area contributed by atoms with Crippen molar-refractivity contribution < 1.29 is 0 Å². The molecular formula is C65H64N2. The van der Waals surface area contributed by atoms with Crippen LogP contribution in [0.2, 0.25) is 0 Å². The lowest BCUT2D eigenvalue weighted by Crippen LogP contribution is -2.19. The predicted molar refractivity (Wildman–Crippen MR) is 296 cm³/mol. The van der Waals surface area contributed by atoms with Crippen LogP contribution in [-0.4, -0.2) is 0 Å². The zero-order valence-electron chi connectivity index (χ0n) is 39.8. The molecule has 0 atom stereocenters. The van der Waals surface area contributed by atoms with E-state index in [9.17, 15) is 0 Å². The number of rotatable bonds is 20. The first-order valence-corrected chi connectivity index (χ1v) is 23.2. The minimum absolute atomic E-state index is 0.652. The quantitative estimate of drug-likeness (QED) is 0.0784. The molecule has 1 aliphatic carbocycles. The first-order valence-electron chi connectivity index (χ1n) is 23.2. The molecular weight excluding hydrogens is 809 g/mol. The van der Waals surface area contributed by atoms with E-state index < -0.39 is 0 Å². The van der Waals surface area contributed by atoms with Gasteiger partial charge in [-0.15, -0.1) is 0 Å². The maximum absolute atomic E-state index is 4.73. The molecule has 0 saturated heterocycles. The molecule has 0 bridgehead atoms. The van der Waals surface area contributed by atoms with Crippen molar-refractivity contribution in [3.05, 3.63) is 296 Å². The molecule has 0 aromatic heterocycles. The Labute approximate surface area is 401 Å². The Balaban J connectivity index is 1.48. The summed E-state index contributed by atoms with van der Waals surface area (Å²) in [5, 5.41) is 6.01. The number of benzene rings is 5. The summed E-state index contributed by atoms with van der Waals surface area (Å²) in [6.45, 7) is 25.3. The standard InChI is InChI=1S/C65H64N2/c1-9-15-18-34-57-47-55-32-21-22-33-56(55)48-64(57)54-42-45-60(46-43-54)67(49(7)39-40-51(13-5)62-36-23-24-37-63(62)53-30-19-17-20-31-53)59(28-12-4)44-41-52(29-16-10-2)50(8)61-35-25-26-38-65(61)66-58(14-6)27-11-3/h9-24,26-34,36-40,42-48,66H,3,5-6,8,25,35,41H2,1-2,4,7H3/b15-9-,16-10-,28-12-,34-18-,49-39+,51-40+,52-29-,58-27+,59-44+. The molecule has 334 valence electrons. The van der Waals surface area contributed by atoms with E-state index in [4.69, 9.17) is 6.58 Å². The third-order valence-electron chi connectivity index (χ3n) is 11.7. The normalized spacial score (nSPS) is 14.2. The van der Waals surface area contributed by atoms with Gasteiger partial charge in [0.05, 0.1) is 0 Å². The molecule has 0 amide bonds. The highest BCUT2D eigenvalue weighted by Crippen LogP contribution is 2.36. The summed E-state index contributed by atoms with van der Waals surface area (Å²) in [6, 6.07) is 41.2. The van der Waals surface area contributed by atoms with Gasteiger partial charge in [-0.1, -0.05) is 196 Å². The van der Waals surface area contributed by atoms with Crippen molar-refractivity contribution in [1.82, 2.24) is 5.32 Å². The molecule has 6 rings (SSSR count). The Kier molecular flexibility index (Phi) is 18.1. The Morgan fingerprint density at radius 2 is 1.39 bits per heavy atom. The Bertz CT molecular complexity index is 2920. The van der Waals surface area contributed by atoms with Gasteiger partial charge in [-0.2, -0.15) is 0 Å². The second kappa shape index (κ2) is 24.9. The van der Waals surface area contributed by atoms with Gasteiger partial charge in [-0.3, -0.25) is 0 Å². The highest BCUT2D eigenvalue weighted by atomic mass is 15.1. The van der Waals surface area contributed by atoms with Gasteiger partial charge in [0.25, 0.3) is 0 Å². The van der Waals surface area contributed by atoms with Gasteiger partial charge in [0.1, 0.15) is 0 Å². The third kappa shape index (κ3) is 12.7. The average molecular weight is 873 g/mol. The van der Waals surface area contributed by atoms with Crippen molar-refractivity contribution in [2.24, 2.45) is 0 Å². The van der Waals surface area contributed by atoms with Crippen LogP contribution >= 0.6 is 0 Å². The van der Waals surface area contributed by atoms with E-state index in [0.717, 1.165) is 74.7 Å². The lowest BCUT2D eigenvalue weighted by molar-refractivity contribution is 0.895. The molecule has 2 nitrogen and oxygen atoms in total. The minimum atomic E-state index is 0.652. The second-order valence-corrected chi connectivity index (χ2v) is 16.1. The van der Waals surface area contributed by atoms with E-state index in [1.807, 2.05) is 32.1 Å². The topological polar surface area (TPSA) is 15.3 Å². The smallest absolute Gasteiger partial charge is 0.0458 e. The second-order valence-electron chi connectivity index (χ2n) is 16.1. The fourth-order valence-corrected chi connectivity index (χ4v) is 8.27. The van der Waals surface area contributed by atoms with Crippen LogP contribution in [0.4, 0.5) is 5.69 Å². The maximum Gasteiger partial charge on any atom is 0.0458 e. The molecule has 1 aliphatic rings. The fourth-order valence-electron chi connectivity index (χ4n) is 8.27. The van der Waals surface area contributed by atoms with Gasteiger partial charge in [-0.25, -0.2) is 0 Å². The van der Waals surface area contributed by atoms with Gasteiger partial charge in [0.2, 0.25) is 0 Å². The average Bonchev–Trinajstić information content (AvgIpc) is 3.37. The first kappa shape index (κ1) is 48.5. The predicted octanol–water partition coefficient (Wildman–Crippen LogP) is 18.1. The van der Waals surface area contributed by atoms with Crippen molar-refractivity contribution >= 4 is 28.1 Å². The summed E-state index contributed by atoms with van der Waals surface area (Å²) < 4.78 is 0. The van der Waals surface area contributed by atoms with E-state index >= 15 is 0 Å². The highest BCUT2D eigenvalue weighted by Gasteiger charge is 2.18. The molecule has 0 radical (unpaired) electrons. The summed E-state index contributed by atoms with van der Waals surface area (Å²) in [7, 11) is 0. The molecule has 67 heavy (non-hydrogen) atoms. The molecule has 0 unspecified atom stereocenters. The number of nitrogens with one attached hydrogen (secondary N) is 1. The Hall–Kier alpha value is -7.94. The minimum Gasteiger partial charge on any atom is -0.355 e. The monoisotopic (exact) mass is 873 g/mol. The molecule has 0 spiro atoms. The van der Waals surface area contributed by atoms with Crippen LogP contribution in [0.5, 0.6) is 0 Å². The molecule has 0 aliphatic heterocycles. The lowest BCUT2D eigenvalue weighted by atomic mass is 9.89. The van der Waals surface area contributed by atoms with Crippen LogP contribution in [-0.2, 0) is 0 Å². The largest absolute Gasteiger partial charge is 0.355 e. The zero-order valence-corrected chi connectivity index (χ0v) is 39.8. The summed E-state index contributed by atoms with van der Waals surface area (Å²) in [5.74, 6) is 0. The maximum atomic E-state index is 4.73. The Morgan fingerprint density at radius 3 is 2.09 bits per heavy atom. The van der Waals surface area contributed by atoms with Gasteiger partial charge >= 0.3 is 0 Å². The SMILES string of the molecule is C=C/C=C(\C=C)NC1=C(C(=C)/C(=C\C=C/C)C/C=C(\C=C/C)N(/C(C)=C/C=C(\C=C)c2ccccc2-c2ccccc2)c2ccc(-c3cc4ccccc4cc3/C=C\C=C/C)cc2)CCC=C1. The summed E-state index contributed by atoms with van der Waals surface area (Å²) in [6.07, 6.45) is 40.1. The molecule has 2 heteroatoms. The highest BCUT2D eigenvalue weighted by molar-refractivity contribution is 5.92. The zero-order chi connectivity index (χ0) is 47.4. The number of allylic oxidation sites excluding steroid dienone is 22. The number of anilines is 1. The summed E-state index contributed by atoms with van der Waals surface area (Å²) in [5.41, 5.74) is 16.4. The summed E-state index contributed by atoms with van der Waals surface area (Å²) in [4.78, 5) is 2.35. The van der Waals surface area contributed by atoms with Gasteiger partial charge in [0.15, 0.2) is 0 Å². The van der Waals surface area contributed by atoms with Crippen molar-refractivity contribution in [3.8, 4) is 22.3 Å². The molecule has 5 aromatic carbocycles. The molecule has 0 saturated carbocycles. The van der Waals surface area contributed by atoms with E-state index in [1.54, 1.807) is 6.08 Å². The van der Waals surface area contributed by atoms with E-state index in [1.165, 1.54) is 33.0 Å². The van der Waals surface area contributed by atoms with Crippen LogP contribution in [0.15, 0.2) is 284 Å². The van der Waals surface area contributed by atoms with Gasteiger partial charge in [0, 0.05) is 28.5 Å². The van der Waals surface area contributed by atoms with Crippen LogP contribution < -0.4 is 10.2 Å². The molecule has 0 heterocycles. The first-order chi connectivity index (χ1) is 32.8. The number of fused-ring (bicyclic) bond motifs is 1. The van der Waals surface area contributed by atoms with Crippen LogP contribution in [0.1, 0.15) is 58.1 Å². The molecule has 0 fully saturated rings. The van der Waals surface area contributed by atoms with E-state index in [2.05, 4.69) is 244 Å². The summed E-state index contributed by atoms with van der Waals surface area (Å²) >= 11 is 0. The third-order valence-corrected chi connectivity index (χ3v) is 11.7. The van der Waals surface area contributed by atoms with Crippen molar-refractivity contribution in [1.29, 1.82) is 0 Å².